The van der Waals surface area contributed by atoms with Crippen molar-refractivity contribution in [1.82, 2.24) is 9.97 Å². The predicted molar refractivity (Wildman–Crippen MR) is 120 cm³/mol. The van der Waals surface area contributed by atoms with Crippen LogP contribution in [0.2, 0.25) is 0 Å². The number of hydrogen-bond donors (Lipinski definition) is 1. The average Bonchev–Trinajstić information content (AvgIpc) is 3.31. The predicted octanol–water partition coefficient (Wildman–Crippen LogP) is 4.05. The van der Waals surface area contributed by atoms with Crippen molar-refractivity contribution < 1.29 is 14.3 Å². The van der Waals surface area contributed by atoms with Crippen LogP contribution in [-0.2, 0) is 17.6 Å². The van der Waals surface area contributed by atoms with Crippen LogP contribution in [0.5, 0.6) is 11.5 Å². The average molecular weight is 427 g/mol. The SMILES string of the molecule is CCOc1ccc(NC(=O)CN(C)c2ncnc3sc4c(c23)CCC4)cc1OCC. The number of ether oxygens (including phenoxy) is 2. The molecule has 30 heavy (non-hydrogen) atoms. The number of carbonyl (C=O) groups is 1. The lowest BCUT2D eigenvalue weighted by Gasteiger charge is -2.19. The van der Waals surface area contributed by atoms with Crippen LogP contribution >= 0.6 is 11.3 Å². The van der Waals surface area contributed by atoms with E-state index in [2.05, 4.69) is 15.3 Å². The highest BCUT2D eigenvalue weighted by Crippen LogP contribution is 2.39. The van der Waals surface area contributed by atoms with Crippen LogP contribution in [0.3, 0.4) is 0 Å². The van der Waals surface area contributed by atoms with Crippen LogP contribution in [0.15, 0.2) is 24.5 Å². The van der Waals surface area contributed by atoms with Gasteiger partial charge in [0.1, 0.15) is 17.0 Å². The van der Waals surface area contributed by atoms with E-state index in [-0.39, 0.29) is 12.5 Å². The van der Waals surface area contributed by atoms with Gasteiger partial charge in [0, 0.05) is 23.7 Å². The van der Waals surface area contributed by atoms with Crippen LogP contribution in [0.1, 0.15) is 30.7 Å². The summed E-state index contributed by atoms with van der Waals surface area (Å²) >= 11 is 1.75. The van der Waals surface area contributed by atoms with Crippen molar-refractivity contribution in [3.63, 3.8) is 0 Å². The number of fused-ring (bicyclic) bond motifs is 3. The Morgan fingerprint density at radius 3 is 2.77 bits per heavy atom. The molecule has 2 aromatic heterocycles. The second-order valence-electron chi connectivity index (χ2n) is 7.17. The van der Waals surface area contributed by atoms with Crippen molar-refractivity contribution in [1.29, 1.82) is 0 Å². The lowest BCUT2D eigenvalue weighted by molar-refractivity contribution is -0.114. The van der Waals surface area contributed by atoms with E-state index in [0.29, 0.717) is 30.4 Å². The number of thiophene rings is 1. The Bertz CT molecular complexity index is 1070. The number of aromatic nitrogens is 2. The highest BCUT2D eigenvalue weighted by Gasteiger charge is 2.23. The van der Waals surface area contributed by atoms with Crippen molar-refractivity contribution >= 4 is 39.0 Å². The summed E-state index contributed by atoms with van der Waals surface area (Å²) in [6.07, 6.45) is 4.93. The van der Waals surface area contributed by atoms with Gasteiger partial charge in [0.15, 0.2) is 11.5 Å². The van der Waals surface area contributed by atoms with Gasteiger partial charge in [-0.1, -0.05) is 0 Å². The molecule has 0 atom stereocenters. The van der Waals surface area contributed by atoms with Gasteiger partial charge < -0.3 is 19.7 Å². The molecule has 4 rings (SSSR count). The molecule has 3 aromatic rings. The summed E-state index contributed by atoms with van der Waals surface area (Å²) in [5.74, 6) is 1.99. The molecule has 0 saturated carbocycles. The molecule has 8 heteroatoms. The minimum Gasteiger partial charge on any atom is -0.490 e. The lowest BCUT2D eigenvalue weighted by atomic mass is 10.2. The van der Waals surface area contributed by atoms with Crippen molar-refractivity contribution in [3.05, 3.63) is 35.0 Å². The van der Waals surface area contributed by atoms with E-state index < -0.39 is 0 Å². The van der Waals surface area contributed by atoms with Crippen LogP contribution in [0, 0.1) is 0 Å². The van der Waals surface area contributed by atoms with E-state index in [1.54, 1.807) is 23.7 Å². The highest BCUT2D eigenvalue weighted by atomic mass is 32.1. The summed E-state index contributed by atoms with van der Waals surface area (Å²) in [5.41, 5.74) is 2.02. The Morgan fingerprint density at radius 2 is 1.97 bits per heavy atom. The van der Waals surface area contributed by atoms with Crippen molar-refractivity contribution in [2.75, 3.05) is 37.0 Å². The van der Waals surface area contributed by atoms with E-state index in [4.69, 9.17) is 9.47 Å². The van der Waals surface area contributed by atoms with Crippen molar-refractivity contribution in [3.8, 4) is 11.5 Å². The lowest BCUT2D eigenvalue weighted by Crippen LogP contribution is -2.30. The molecule has 0 bridgehead atoms. The van der Waals surface area contributed by atoms with Gasteiger partial charge in [-0.15, -0.1) is 11.3 Å². The Morgan fingerprint density at radius 1 is 1.17 bits per heavy atom. The second kappa shape index (κ2) is 8.87. The molecule has 1 N–H and O–H groups in total. The number of anilines is 2. The molecule has 2 heterocycles. The molecule has 0 saturated heterocycles. The third kappa shape index (κ3) is 4.05. The van der Waals surface area contributed by atoms with Crippen molar-refractivity contribution in [2.45, 2.75) is 33.1 Å². The number of likely N-dealkylation sites (N-methyl/N-ethyl adjacent to an activating group) is 1. The fourth-order valence-electron chi connectivity index (χ4n) is 3.82. The smallest absolute Gasteiger partial charge is 0.243 e. The van der Waals surface area contributed by atoms with E-state index >= 15 is 0 Å². The Labute approximate surface area is 180 Å². The van der Waals surface area contributed by atoms with E-state index in [1.807, 2.05) is 37.9 Å². The first kappa shape index (κ1) is 20.4. The highest BCUT2D eigenvalue weighted by molar-refractivity contribution is 7.19. The fraction of sp³-hybridized carbons (Fsp3) is 0.409. The molecule has 1 amide bonds. The van der Waals surface area contributed by atoms with Gasteiger partial charge >= 0.3 is 0 Å². The third-order valence-electron chi connectivity index (χ3n) is 5.05. The summed E-state index contributed by atoms with van der Waals surface area (Å²) in [4.78, 5) is 26.0. The first-order valence-electron chi connectivity index (χ1n) is 10.3. The second-order valence-corrected chi connectivity index (χ2v) is 8.25. The molecule has 158 valence electrons. The molecular weight excluding hydrogens is 400 g/mol. The van der Waals surface area contributed by atoms with Gasteiger partial charge in [-0.05, 0) is 50.8 Å². The van der Waals surface area contributed by atoms with Gasteiger partial charge in [0.05, 0.1) is 25.1 Å². The Balaban J connectivity index is 1.50. The third-order valence-corrected chi connectivity index (χ3v) is 6.25. The first-order valence-corrected chi connectivity index (χ1v) is 11.1. The maximum Gasteiger partial charge on any atom is 0.243 e. The number of rotatable bonds is 8. The van der Waals surface area contributed by atoms with Gasteiger partial charge in [-0.2, -0.15) is 0 Å². The maximum absolute atomic E-state index is 12.7. The minimum absolute atomic E-state index is 0.122. The standard InChI is InChI=1S/C22H26N4O3S/c1-4-28-16-10-9-14(11-17(16)29-5-2)25-19(27)12-26(3)21-20-15-7-6-8-18(15)30-22(20)24-13-23-21/h9-11,13H,4-8,12H2,1-3H3,(H,25,27). The van der Waals surface area contributed by atoms with Crippen LogP contribution in [0.25, 0.3) is 10.2 Å². The molecule has 0 radical (unpaired) electrons. The zero-order valence-corrected chi connectivity index (χ0v) is 18.3. The minimum atomic E-state index is -0.122. The molecule has 1 aromatic carbocycles. The Kier molecular flexibility index (Phi) is 6.03. The van der Waals surface area contributed by atoms with Crippen LogP contribution < -0.4 is 19.7 Å². The normalized spacial score (nSPS) is 12.6. The zero-order valence-electron chi connectivity index (χ0n) is 17.5. The summed E-state index contributed by atoms with van der Waals surface area (Å²) in [5, 5.41) is 4.05. The summed E-state index contributed by atoms with van der Waals surface area (Å²) in [7, 11) is 1.89. The van der Waals surface area contributed by atoms with Crippen LogP contribution in [-0.4, -0.2) is 42.7 Å². The van der Waals surface area contributed by atoms with Gasteiger partial charge in [-0.3, -0.25) is 4.79 Å². The fourth-order valence-corrected chi connectivity index (χ4v) is 5.04. The van der Waals surface area contributed by atoms with E-state index in [0.717, 1.165) is 28.9 Å². The summed E-state index contributed by atoms with van der Waals surface area (Å²) in [6, 6.07) is 5.43. The number of carbonyl (C=O) groups excluding carboxylic acids is 1. The van der Waals surface area contributed by atoms with Crippen molar-refractivity contribution in [2.24, 2.45) is 0 Å². The molecule has 1 aliphatic carbocycles. The number of amides is 1. The first-order chi connectivity index (χ1) is 14.6. The molecular formula is C22H26N4O3S. The number of hydrogen-bond acceptors (Lipinski definition) is 7. The molecule has 7 nitrogen and oxygen atoms in total. The van der Waals surface area contributed by atoms with Gasteiger partial charge in [0.25, 0.3) is 0 Å². The van der Waals surface area contributed by atoms with Gasteiger partial charge in [0.2, 0.25) is 5.91 Å². The van der Waals surface area contributed by atoms with E-state index in [9.17, 15) is 4.79 Å². The summed E-state index contributed by atoms with van der Waals surface area (Å²) in [6.45, 7) is 5.10. The quantitative estimate of drug-likeness (QED) is 0.586. The zero-order chi connectivity index (χ0) is 21.1. The molecule has 0 fully saturated rings. The number of nitrogens with zero attached hydrogens (tertiary/aromatic N) is 3. The number of benzene rings is 1. The molecule has 0 aliphatic heterocycles. The largest absolute Gasteiger partial charge is 0.490 e. The van der Waals surface area contributed by atoms with Gasteiger partial charge in [-0.25, -0.2) is 9.97 Å². The van der Waals surface area contributed by atoms with E-state index in [1.165, 1.54) is 16.9 Å². The molecule has 1 aliphatic rings. The maximum atomic E-state index is 12.7. The number of aryl methyl sites for hydroxylation is 2. The Hall–Kier alpha value is -2.87. The molecule has 0 unspecified atom stereocenters. The topological polar surface area (TPSA) is 76.6 Å². The number of nitrogens with one attached hydrogen (secondary N) is 1. The molecule has 0 spiro atoms. The monoisotopic (exact) mass is 426 g/mol. The summed E-state index contributed by atoms with van der Waals surface area (Å²) < 4.78 is 11.2. The van der Waals surface area contributed by atoms with Crippen LogP contribution in [0.4, 0.5) is 11.5 Å².